The number of carbonyl (C=O) groups excluding carboxylic acids is 1. The minimum Gasteiger partial charge on any atom is -0.497 e. The highest BCUT2D eigenvalue weighted by Gasteiger charge is 2.25. The van der Waals surface area contributed by atoms with Gasteiger partial charge in [-0.3, -0.25) is 9.69 Å². The van der Waals surface area contributed by atoms with Crippen molar-refractivity contribution < 1.29 is 18.7 Å². The number of fused-ring (bicyclic) bond motifs is 1. The van der Waals surface area contributed by atoms with Crippen LogP contribution in [0.15, 0.2) is 89.9 Å². The maximum Gasteiger partial charge on any atom is 0.343 e. The number of hydrogen-bond acceptors (Lipinski definition) is 6. The number of ether oxygens (including phenoxy) is 2. The molecule has 0 N–H and O–H groups in total. The lowest BCUT2D eigenvalue weighted by Gasteiger charge is -2.18. The number of methoxy groups -OCH3 is 1. The lowest BCUT2D eigenvalue weighted by Crippen LogP contribution is -2.23. The van der Waals surface area contributed by atoms with Crippen molar-refractivity contribution in [2.75, 3.05) is 20.8 Å². The van der Waals surface area contributed by atoms with E-state index in [1.165, 1.54) is 23.5 Å². The Bertz CT molecular complexity index is 1710. The fourth-order valence-electron chi connectivity index (χ4n) is 4.90. The molecule has 0 aliphatic heterocycles. The van der Waals surface area contributed by atoms with Crippen LogP contribution in [-0.2, 0) is 24.4 Å². The maximum atomic E-state index is 14.0. The summed E-state index contributed by atoms with van der Waals surface area (Å²) < 4.78 is 26.2. The Hall–Kier alpha value is -4.27. The summed E-state index contributed by atoms with van der Waals surface area (Å²) in [6, 6.07) is 24.1. The van der Waals surface area contributed by atoms with E-state index in [-0.39, 0.29) is 23.4 Å². The first-order chi connectivity index (χ1) is 19.9. The average Bonchev–Trinajstić information content (AvgIpc) is 3.36. The molecular formula is C33H31FN2O4S. The van der Waals surface area contributed by atoms with Crippen molar-refractivity contribution in [3.63, 3.8) is 0 Å². The van der Waals surface area contributed by atoms with Gasteiger partial charge in [0.2, 0.25) is 5.43 Å². The Labute approximate surface area is 242 Å². The zero-order valence-corrected chi connectivity index (χ0v) is 24.0. The first kappa shape index (κ1) is 28.3. The van der Waals surface area contributed by atoms with E-state index in [2.05, 4.69) is 17.0 Å². The summed E-state index contributed by atoms with van der Waals surface area (Å²) in [5, 5.41) is 0.494. The van der Waals surface area contributed by atoms with Crippen molar-refractivity contribution in [3.8, 4) is 16.2 Å². The molecule has 0 radical (unpaired) electrons. The molecule has 0 amide bonds. The first-order valence-corrected chi connectivity index (χ1v) is 14.2. The van der Waals surface area contributed by atoms with Gasteiger partial charge < -0.3 is 14.0 Å². The van der Waals surface area contributed by atoms with Crippen LogP contribution in [0.4, 0.5) is 4.39 Å². The SMILES string of the molecule is CCOC(=O)c1cn(Cc2ccc(F)cc2)c2sc(-c3ccc(OC)cc3)c(CN(C)Cc3ccccc3)c2c1=O. The molecule has 3 aromatic carbocycles. The minimum absolute atomic E-state index is 0.0208. The molecule has 8 heteroatoms. The maximum absolute atomic E-state index is 14.0. The highest BCUT2D eigenvalue weighted by molar-refractivity contribution is 7.22. The molecule has 0 unspecified atom stereocenters. The fraction of sp³-hybridized carbons (Fsp3) is 0.212. The molecule has 0 atom stereocenters. The van der Waals surface area contributed by atoms with E-state index in [4.69, 9.17) is 9.47 Å². The van der Waals surface area contributed by atoms with E-state index >= 15 is 0 Å². The van der Waals surface area contributed by atoms with E-state index < -0.39 is 5.97 Å². The predicted octanol–water partition coefficient (Wildman–Crippen LogP) is 6.73. The Morgan fingerprint density at radius 3 is 2.32 bits per heavy atom. The van der Waals surface area contributed by atoms with Gasteiger partial charge in [0, 0.05) is 30.7 Å². The molecule has 0 fully saturated rings. The predicted molar refractivity (Wildman–Crippen MR) is 161 cm³/mol. The zero-order valence-electron chi connectivity index (χ0n) is 23.2. The first-order valence-electron chi connectivity index (χ1n) is 13.3. The Balaban J connectivity index is 1.71. The van der Waals surface area contributed by atoms with Gasteiger partial charge in [-0.2, -0.15) is 0 Å². The number of hydrogen-bond donors (Lipinski definition) is 0. The van der Waals surface area contributed by atoms with Crippen LogP contribution < -0.4 is 10.2 Å². The van der Waals surface area contributed by atoms with E-state index in [1.807, 2.05) is 54.1 Å². The van der Waals surface area contributed by atoms with Crippen molar-refractivity contribution in [2.24, 2.45) is 0 Å². The molecule has 0 saturated heterocycles. The van der Waals surface area contributed by atoms with E-state index in [1.54, 1.807) is 32.4 Å². The van der Waals surface area contributed by atoms with Crippen LogP contribution in [0.2, 0.25) is 0 Å². The molecule has 0 aliphatic carbocycles. The number of esters is 1. The standard InChI is InChI=1S/C33H31FN2O4S/c1-4-40-33(38)28-21-36(19-23-10-14-25(34)15-11-23)32-29(30(28)37)27(20-35(2)18-22-8-6-5-7-9-22)31(41-32)24-12-16-26(39-3)17-13-24/h5-17,21H,4,18-20H2,1-3H3. The number of aromatic nitrogens is 1. The second kappa shape index (κ2) is 12.5. The molecule has 41 heavy (non-hydrogen) atoms. The van der Waals surface area contributed by atoms with Gasteiger partial charge in [-0.25, -0.2) is 9.18 Å². The van der Waals surface area contributed by atoms with Crippen molar-refractivity contribution >= 4 is 27.5 Å². The number of benzene rings is 3. The lowest BCUT2D eigenvalue weighted by molar-refractivity contribution is 0.0524. The third-order valence-electron chi connectivity index (χ3n) is 6.84. The molecule has 210 valence electrons. The van der Waals surface area contributed by atoms with Gasteiger partial charge >= 0.3 is 5.97 Å². The smallest absolute Gasteiger partial charge is 0.343 e. The molecule has 0 aliphatic rings. The minimum atomic E-state index is -0.659. The number of nitrogens with zero attached hydrogens (tertiary/aromatic N) is 2. The van der Waals surface area contributed by atoms with Gasteiger partial charge in [0.25, 0.3) is 0 Å². The Kier molecular flexibility index (Phi) is 8.61. The molecule has 0 bridgehead atoms. The van der Waals surface area contributed by atoms with Crippen LogP contribution in [0.25, 0.3) is 20.7 Å². The number of carbonyl (C=O) groups is 1. The van der Waals surface area contributed by atoms with Crippen molar-refractivity contribution in [1.82, 2.24) is 9.47 Å². The van der Waals surface area contributed by atoms with Crippen molar-refractivity contribution in [3.05, 3.63) is 123 Å². The third-order valence-corrected chi connectivity index (χ3v) is 8.16. The zero-order chi connectivity index (χ0) is 28.9. The van der Waals surface area contributed by atoms with Gasteiger partial charge in [-0.15, -0.1) is 11.3 Å². The molecule has 0 saturated carbocycles. The van der Waals surface area contributed by atoms with Gasteiger partial charge in [0.15, 0.2) is 0 Å². The molecule has 5 aromatic rings. The second-order valence-electron chi connectivity index (χ2n) is 9.82. The highest BCUT2D eigenvalue weighted by atomic mass is 32.1. The molecule has 2 aromatic heterocycles. The van der Waals surface area contributed by atoms with Crippen LogP contribution in [0.5, 0.6) is 5.75 Å². The lowest BCUT2D eigenvalue weighted by atomic mass is 10.0. The average molecular weight is 571 g/mol. The summed E-state index contributed by atoms with van der Waals surface area (Å²) in [4.78, 5) is 30.8. The van der Waals surface area contributed by atoms with Crippen molar-refractivity contribution in [1.29, 1.82) is 0 Å². The van der Waals surface area contributed by atoms with E-state index in [0.717, 1.165) is 37.7 Å². The number of pyridine rings is 1. The normalized spacial score (nSPS) is 11.2. The molecule has 2 heterocycles. The summed E-state index contributed by atoms with van der Waals surface area (Å²) in [7, 11) is 3.64. The van der Waals surface area contributed by atoms with Gasteiger partial charge in [-0.05, 0) is 72.6 Å². The largest absolute Gasteiger partial charge is 0.497 e. The van der Waals surface area contributed by atoms with Crippen molar-refractivity contribution in [2.45, 2.75) is 26.6 Å². The second-order valence-corrected chi connectivity index (χ2v) is 10.8. The van der Waals surface area contributed by atoms with Gasteiger partial charge in [0.1, 0.15) is 22.0 Å². The summed E-state index contributed by atoms with van der Waals surface area (Å²) in [6.45, 7) is 3.38. The summed E-state index contributed by atoms with van der Waals surface area (Å²) in [5.74, 6) is -0.251. The fourth-order valence-corrected chi connectivity index (χ4v) is 6.19. The van der Waals surface area contributed by atoms with Crippen LogP contribution >= 0.6 is 11.3 Å². The van der Waals surface area contributed by atoms with E-state index in [0.29, 0.717) is 25.0 Å². The number of thiophene rings is 1. The molecular weight excluding hydrogens is 539 g/mol. The van der Waals surface area contributed by atoms with Crippen LogP contribution in [-0.4, -0.2) is 36.2 Å². The monoisotopic (exact) mass is 570 g/mol. The quantitative estimate of drug-likeness (QED) is 0.174. The van der Waals surface area contributed by atoms with E-state index in [9.17, 15) is 14.0 Å². The van der Waals surface area contributed by atoms with Crippen LogP contribution in [0.3, 0.4) is 0 Å². The summed E-state index contributed by atoms with van der Waals surface area (Å²) in [6.07, 6.45) is 1.57. The van der Waals surface area contributed by atoms with Gasteiger partial charge in [-0.1, -0.05) is 42.5 Å². The molecule has 5 rings (SSSR count). The molecule has 6 nitrogen and oxygen atoms in total. The molecule has 0 spiro atoms. The Morgan fingerprint density at radius 1 is 0.951 bits per heavy atom. The highest BCUT2D eigenvalue weighted by Crippen LogP contribution is 2.39. The number of rotatable bonds is 10. The van der Waals surface area contributed by atoms with Crippen LogP contribution in [0, 0.1) is 5.82 Å². The van der Waals surface area contributed by atoms with Gasteiger partial charge in [0.05, 0.1) is 19.1 Å². The Morgan fingerprint density at radius 2 is 1.66 bits per heavy atom. The third kappa shape index (κ3) is 6.24. The number of halogens is 1. The topological polar surface area (TPSA) is 60.8 Å². The summed E-state index contributed by atoms with van der Waals surface area (Å²) in [5.41, 5.74) is 3.41. The van der Waals surface area contributed by atoms with Crippen LogP contribution in [0.1, 0.15) is 34.0 Å². The summed E-state index contributed by atoms with van der Waals surface area (Å²) >= 11 is 1.50.